The van der Waals surface area contributed by atoms with E-state index in [9.17, 15) is 9.59 Å². The number of carbonyl (C=O) groups is 2. The Morgan fingerprint density at radius 1 is 1.02 bits per heavy atom. The van der Waals surface area contributed by atoms with E-state index in [1.54, 1.807) is 33.3 Å². The summed E-state index contributed by atoms with van der Waals surface area (Å²) in [4.78, 5) is 40.3. The van der Waals surface area contributed by atoms with E-state index in [1.807, 2.05) is 42.7 Å². The Morgan fingerprint density at radius 3 is 2.36 bits per heavy atom. The summed E-state index contributed by atoms with van der Waals surface area (Å²) in [7, 11) is 5.00. The number of nitrogens with zero attached hydrogens (tertiary/aromatic N) is 6. The van der Waals surface area contributed by atoms with Gasteiger partial charge in [-0.1, -0.05) is 18.7 Å². The zero-order valence-corrected chi connectivity index (χ0v) is 28.1. The smallest absolute Gasteiger partial charge is 0.270 e. The summed E-state index contributed by atoms with van der Waals surface area (Å²) in [5.41, 5.74) is 3.86. The molecule has 0 spiro atoms. The SMILES string of the molecule is C=CC(=O)Nc1cc(Nc2ncc(F)c(-c3ccc4cc(C(=O)N(C)C)n(C(C)C)c4c3)n2)c(OC)cc1N1CCN(C(C)C)CC1. The van der Waals surface area contributed by atoms with Gasteiger partial charge in [-0.3, -0.25) is 14.5 Å². The van der Waals surface area contributed by atoms with Crippen LogP contribution in [0.2, 0.25) is 0 Å². The van der Waals surface area contributed by atoms with E-state index < -0.39 is 5.82 Å². The number of fused-ring (bicyclic) bond motifs is 1. The highest BCUT2D eigenvalue weighted by Crippen LogP contribution is 2.39. The number of methoxy groups -OCH3 is 1. The minimum absolute atomic E-state index is 0.0144. The van der Waals surface area contributed by atoms with E-state index in [4.69, 9.17) is 4.74 Å². The van der Waals surface area contributed by atoms with Gasteiger partial charge in [0.15, 0.2) is 5.82 Å². The molecule has 11 nitrogen and oxygen atoms in total. The molecule has 47 heavy (non-hydrogen) atoms. The van der Waals surface area contributed by atoms with E-state index in [1.165, 1.54) is 11.0 Å². The van der Waals surface area contributed by atoms with Crippen LogP contribution in [0.4, 0.5) is 27.4 Å². The zero-order valence-electron chi connectivity index (χ0n) is 28.1. The van der Waals surface area contributed by atoms with Crippen molar-refractivity contribution >= 4 is 45.7 Å². The van der Waals surface area contributed by atoms with Crippen molar-refractivity contribution in [1.82, 2.24) is 24.3 Å². The molecule has 4 aromatic rings. The van der Waals surface area contributed by atoms with Crippen LogP contribution in [0, 0.1) is 5.82 Å². The summed E-state index contributed by atoms with van der Waals surface area (Å²) < 4.78 is 23.0. The van der Waals surface area contributed by atoms with Crippen LogP contribution in [-0.4, -0.2) is 89.6 Å². The second kappa shape index (κ2) is 13.8. The van der Waals surface area contributed by atoms with Crippen LogP contribution < -0.4 is 20.3 Å². The van der Waals surface area contributed by atoms with E-state index >= 15 is 4.39 Å². The lowest BCUT2D eigenvalue weighted by Gasteiger charge is -2.39. The number of hydrogen-bond donors (Lipinski definition) is 2. The summed E-state index contributed by atoms with van der Waals surface area (Å²) in [6.45, 7) is 15.3. The fraction of sp³-hybridized carbons (Fsp3) is 0.371. The Kier molecular flexibility index (Phi) is 9.80. The van der Waals surface area contributed by atoms with Crippen LogP contribution in [0.3, 0.4) is 0 Å². The molecule has 1 aliphatic rings. The molecule has 2 aromatic heterocycles. The molecule has 0 saturated carbocycles. The summed E-state index contributed by atoms with van der Waals surface area (Å²) >= 11 is 0. The van der Waals surface area contributed by atoms with Crippen molar-refractivity contribution in [2.45, 2.75) is 39.8 Å². The van der Waals surface area contributed by atoms with Gasteiger partial charge in [0.2, 0.25) is 11.9 Å². The van der Waals surface area contributed by atoms with Gasteiger partial charge in [-0.2, -0.15) is 0 Å². The fourth-order valence-electron chi connectivity index (χ4n) is 5.93. The average molecular weight is 643 g/mol. The fourth-order valence-corrected chi connectivity index (χ4v) is 5.93. The molecule has 5 rings (SSSR count). The molecule has 0 radical (unpaired) electrons. The summed E-state index contributed by atoms with van der Waals surface area (Å²) in [5.74, 6) is -0.407. The van der Waals surface area contributed by atoms with Crippen molar-refractivity contribution in [3.05, 3.63) is 66.8 Å². The van der Waals surface area contributed by atoms with Gasteiger partial charge in [-0.05, 0) is 52.0 Å². The third-order valence-corrected chi connectivity index (χ3v) is 8.39. The van der Waals surface area contributed by atoms with Gasteiger partial charge in [-0.15, -0.1) is 0 Å². The Balaban J connectivity index is 1.51. The van der Waals surface area contributed by atoms with Gasteiger partial charge in [0.1, 0.15) is 17.1 Å². The van der Waals surface area contributed by atoms with Crippen LogP contribution in [-0.2, 0) is 4.79 Å². The van der Waals surface area contributed by atoms with Gasteiger partial charge < -0.3 is 29.7 Å². The van der Waals surface area contributed by atoms with Crippen LogP contribution >= 0.6 is 0 Å². The van der Waals surface area contributed by atoms with Crippen LogP contribution in [0.5, 0.6) is 5.75 Å². The van der Waals surface area contributed by atoms with Gasteiger partial charge >= 0.3 is 0 Å². The van der Waals surface area contributed by atoms with Gasteiger partial charge in [-0.25, -0.2) is 14.4 Å². The third kappa shape index (κ3) is 6.92. The van der Waals surface area contributed by atoms with Crippen LogP contribution in [0.25, 0.3) is 22.2 Å². The molecular formula is C35H43FN8O3. The number of amides is 2. The van der Waals surface area contributed by atoms with Crippen molar-refractivity contribution in [2.24, 2.45) is 0 Å². The summed E-state index contributed by atoms with van der Waals surface area (Å²) in [5, 5.41) is 6.96. The van der Waals surface area contributed by atoms with Crippen molar-refractivity contribution in [1.29, 1.82) is 0 Å². The van der Waals surface area contributed by atoms with Crippen molar-refractivity contribution in [3.8, 4) is 17.0 Å². The zero-order chi connectivity index (χ0) is 34.0. The molecule has 0 aliphatic carbocycles. The number of nitrogens with one attached hydrogen (secondary N) is 2. The molecule has 1 fully saturated rings. The normalized spacial score (nSPS) is 13.7. The molecule has 0 bridgehead atoms. The molecular weight excluding hydrogens is 599 g/mol. The molecule has 2 N–H and O–H groups in total. The van der Waals surface area contributed by atoms with E-state index in [-0.39, 0.29) is 29.5 Å². The van der Waals surface area contributed by atoms with Gasteiger partial charge in [0.25, 0.3) is 5.91 Å². The largest absolute Gasteiger partial charge is 0.494 e. The highest BCUT2D eigenvalue weighted by atomic mass is 19.1. The molecule has 248 valence electrons. The molecule has 1 saturated heterocycles. The van der Waals surface area contributed by atoms with Crippen molar-refractivity contribution in [3.63, 3.8) is 0 Å². The maximum absolute atomic E-state index is 15.3. The Hall–Kier alpha value is -4.97. The third-order valence-electron chi connectivity index (χ3n) is 8.39. The monoisotopic (exact) mass is 642 g/mol. The first-order valence-electron chi connectivity index (χ1n) is 15.7. The van der Waals surface area contributed by atoms with Gasteiger partial charge in [0.05, 0.1) is 30.4 Å². The second-order valence-corrected chi connectivity index (χ2v) is 12.4. The first-order chi connectivity index (χ1) is 22.4. The lowest BCUT2D eigenvalue weighted by molar-refractivity contribution is -0.111. The number of hydrogen-bond acceptors (Lipinski definition) is 8. The lowest BCUT2D eigenvalue weighted by atomic mass is 10.1. The molecule has 2 aromatic carbocycles. The quantitative estimate of drug-likeness (QED) is 0.205. The molecule has 1 aliphatic heterocycles. The lowest BCUT2D eigenvalue weighted by Crippen LogP contribution is -2.49. The Morgan fingerprint density at radius 2 is 1.74 bits per heavy atom. The summed E-state index contributed by atoms with van der Waals surface area (Å²) in [6, 6.07) is 11.4. The molecule has 3 heterocycles. The standard InChI is InChI=1S/C35H43FN8O3/c1-9-32(45)38-26-18-27(31(47-8)19-29(26)43-14-12-42(13-15-43)21(2)3)39-35-37-20-25(36)33(40-35)24-11-10-23-16-30(34(46)41(6)7)44(22(4)5)28(23)17-24/h9-11,16-22H,1,12-15H2,2-8H3,(H,38,45)(H,37,39,40). The van der Waals surface area contributed by atoms with Crippen molar-refractivity contribution in [2.75, 3.05) is 62.9 Å². The number of carbonyl (C=O) groups excluding carboxylic acids is 2. The first-order valence-corrected chi connectivity index (χ1v) is 15.7. The number of benzene rings is 2. The first kappa shape index (κ1) is 33.4. The van der Waals surface area contributed by atoms with Crippen LogP contribution in [0.15, 0.2) is 55.3 Å². The van der Waals surface area contributed by atoms with Gasteiger partial charge in [0, 0.05) is 74.9 Å². The predicted molar refractivity (Wildman–Crippen MR) is 185 cm³/mol. The molecule has 0 atom stereocenters. The second-order valence-electron chi connectivity index (χ2n) is 12.4. The van der Waals surface area contributed by atoms with Crippen molar-refractivity contribution < 1.29 is 18.7 Å². The van der Waals surface area contributed by atoms with Crippen LogP contribution in [0.1, 0.15) is 44.2 Å². The van der Waals surface area contributed by atoms with E-state index in [2.05, 4.69) is 50.8 Å². The molecule has 12 heteroatoms. The summed E-state index contributed by atoms with van der Waals surface area (Å²) in [6.07, 6.45) is 2.34. The molecule has 2 amide bonds. The predicted octanol–water partition coefficient (Wildman–Crippen LogP) is 5.93. The number of aromatic nitrogens is 3. The van der Waals surface area contributed by atoms with E-state index in [0.717, 1.165) is 49.0 Å². The average Bonchev–Trinajstić information content (AvgIpc) is 3.44. The molecule has 0 unspecified atom stereocenters. The maximum Gasteiger partial charge on any atom is 0.270 e. The number of rotatable bonds is 10. The number of ether oxygens (including phenoxy) is 1. The Bertz CT molecular complexity index is 1810. The minimum Gasteiger partial charge on any atom is -0.494 e. The number of halogens is 1. The highest BCUT2D eigenvalue weighted by molar-refractivity contribution is 6.02. The van der Waals surface area contributed by atoms with E-state index in [0.29, 0.717) is 34.4 Å². The minimum atomic E-state index is -0.594. The number of anilines is 4. The number of piperazine rings is 1. The Labute approximate surface area is 275 Å². The maximum atomic E-state index is 15.3. The highest BCUT2D eigenvalue weighted by Gasteiger charge is 2.24. The topological polar surface area (TPSA) is 108 Å².